The van der Waals surface area contributed by atoms with E-state index in [0.717, 1.165) is 22.5 Å². The number of nitrogens with one attached hydrogen (secondary N) is 1. The number of hydrogen-bond acceptors (Lipinski definition) is 4. The molecule has 0 saturated carbocycles. The van der Waals surface area contributed by atoms with Gasteiger partial charge in [-0.2, -0.15) is 17.5 Å². The first kappa shape index (κ1) is 23.7. The van der Waals surface area contributed by atoms with Gasteiger partial charge >= 0.3 is 6.18 Å². The summed E-state index contributed by atoms with van der Waals surface area (Å²) in [6.07, 6.45) is -4.57. The molecular formula is C20H19F4N3O4S. The largest absolute Gasteiger partial charge is 0.416 e. The van der Waals surface area contributed by atoms with Gasteiger partial charge in [0.2, 0.25) is 15.9 Å². The van der Waals surface area contributed by atoms with Crippen LogP contribution < -0.4 is 5.32 Å². The van der Waals surface area contributed by atoms with Gasteiger partial charge in [0.1, 0.15) is 5.82 Å². The molecule has 0 atom stereocenters. The summed E-state index contributed by atoms with van der Waals surface area (Å²) in [4.78, 5) is 25.4. The first-order chi connectivity index (χ1) is 15.0. The maximum absolute atomic E-state index is 13.2. The Balaban J connectivity index is 1.54. The van der Waals surface area contributed by atoms with Crippen molar-refractivity contribution in [3.05, 3.63) is 65.5 Å². The van der Waals surface area contributed by atoms with E-state index in [1.54, 1.807) is 0 Å². The van der Waals surface area contributed by atoms with Gasteiger partial charge in [0, 0.05) is 31.7 Å². The molecule has 2 aromatic rings. The normalized spacial score (nSPS) is 15.4. The minimum absolute atomic E-state index is 0.0487. The summed E-state index contributed by atoms with van der Waals surface area (Å²) in [6.45, 7) is -0.343. The molecule has 1 aliphatic heterocycles. The van der Waals surface area contributed by atoms with E-state index in [-0.39, 0.29) is 43.2 Å². The van der Waals surface area contributed by atoms with Crippen LogP contribution in [0.3, 0.4) is 0 Å². The molecule has 1 aliphatic rings. The molecule has 0 radical (unpaired) electrons. The molecule has 32 heavy (non-hydrogen) atoms. The SMILES string of the molecule is O=C(NCC(=O)N1CCN(S(=O)(=O)c2ccc(C(F)(F)F)cc2)CC1)c1cccc(F)c1. The molecule has 0 spiro atoms. The van der Waals surface area contributed by atoms with Crippen LogP contribution in [0.15, 0.2) is 53.4 Å². The third-order valence-electron chi connectivity index (χ3n) is 4.90. The predicted octanol–water partition coefficient (Wildman–Crippen LogP) is 2.11. The van der Waals surface area contributed by atoms with E-state index in [2.05, 4.69) is 5.32 Å². The zero-order chi connectivity index (χ0) is 23.5. The van der Waals surface area contributed by atoms with E-state index in [1.165, 1.54) is 23.1 Å². The molecule has 2 amide bonds. The summed E-state index contributed by atoms with van der Waals surface area (Å²) in [5.41, 5.74) is -0.891. The number of halogens is 4. The summed E-state index contributed by atoms with van der Waals surface area (Å²) in [7, 11) is -4.02. The Labute approximate surface area is 181 Å². The van der Waals surface area contributed by atoms with Crippen LogP contribution in [0.5, 0.6) is 0 Å². The van der Waals surface area contributed by atoms with Gasteiger partial charge in [0.05, 0.1) is 17.0 Å². The highest BCUT2D eigenvalue weighted by Gasteiger charge is 2.33. The van der Waals surface area contributed by atoms with Gasteiger partial charge in [0.15, 0.2) is 0 Å². The van der Waals surface area contributed by atoms with Crippen molar-refractivity contribution in [2.45, 2.75) is 11.1 Å². The van der Waals surface area contributed by atoms with Gasteiger partial charge in [-0.05, 0) is 42.5 Å². The second kappa shape index (κ2) is 9.25. The monoisotopic (exact) mass is 473 g/mol. The number of rotatable bonds is 5. The molecule has 1 N–H and O–H groups in total. The molecule has 3 rings (SSSR count). The Morgan fingerprint density at radius 1 is 0.969 bits per heavy atom. The third kappa shape index (κ3) is 5.43. The number of sulfonamides is 1. The molecule has 0 unspecified atom stereocenters. The van der Waals surface area contributed by atoms with Crippen LogP contribution >= 0.6 is 0 Å². The molecule has 1 saturated heterocycles. The summed E-state index contributed by atoms with van der Waals surface area (Å²) in [6, 6.07) is 8.18. The standard InChI is InChI=1S/C20H19F4N3O4S/c21-16-3-1-2-14(12-16)19(29)25-13-18(28)26-8-10-27(11-9-26)32(30,31)17-6-4-15(5-7-17)20(22,23)24/h1-7,12H,8-11,13H2,(H,25,29). The zero-order valence-corrected chi connectivity index (χ0v) is 17.4. The van der Waals surface area contributed by atoms with E-state index < -0.39 is 39.4 Å². The van der Waals surface area contributed by atoms with Crippen LogP contribution in [-0.4, -0.2) is 62.2 Å². The summed E-state index contributed by atoms with van der Waals surface area (Å²) < 4.78 is 77.7. The van der Waals surface area contributed by atoms with Crippen LogP contribution in [0.25, 0.3) is 0 Å². The van der Waals surface area contributed by atoms with Crippen molar-refractivity contribution >= 4 is 21.8 Å². The fraction of sp³-hybridized carbons (Fsp3) is 0.300. The minimum atomic E-state index is -4.57. The quantitative estimate of drug-likeness (QED) is 0.674. The first-order valence-electron chi connectivity index (χ1n) is 9.47. The van der Waals surface area contributed by atoms with Crippen LogP contribution in [-0.2, 0) is 21.0 Å². The maximum Gasteiger partial charge on any atom is 0.416 e. The molecule has 12 heteroatoms. The number of hydrogen-bond donors (Lipinski definition) is 1. The molecule has 2 aromatic carbocycles. The number of alkyl halides is 3. The summed E-state index contributed by atoms with van der Waals surface area (Å²) in [5.74, 6) is -1.66. The zero-order valence-electron chi connectivity index (χ0n) is 16.6. The van der Waals surface area contributed by atoms with E-state index in [1.807, 2.05) is 0 Å². The third-order valence-corrected chi connectivity index (χ3v) is 6.81. The van der Waals surface area contributed by atoms with E-state index >= 15 is 0 Å². The van der Waals surface area contributed by atoms with Crippen LogP contribution in [0.1, 0.15) is 15.9 Å². The lowest BCUT2D eigenvalue weighted by atomic mass is 10.2. The van der Waals surface area contributed by atoms with Crippen molar-refractivity contribution in [2.24, 2.45) is 0 Å². The molecule has 0 aliphatic carbocycles. The van der Waals surface area contributed by atoms with Crippen molar-refractivity contribution in [3.63, 3.8) is 0 Å². The average Bonchev–Trinajstić information content (AvgIpc) is 2.76. The Kier molecular flexibility index (Phi) is 6.84. The Morgan fingerprint density at radius 2 is 1.59 bits per heavy atom. The van der Waals surface area contributed by atoms with Crippen molar-refractivity contribution in [1.29, 1.82) is 0 Å². The van der Waals surface area contributed by atoms with Crippen molar-refractivity contribution in [2.75, 3.05) is 32.7 Å². The average molecular weight is 473 g/mol. The van der Waals surface area contributed by atoms with Gasteiger partial charge in [-0.3, -0.25) is 9.59 Å². The van der Waals surface area contributed by atoms with Crippen molar-refractivity contribution in [1.82, 2.24) is 14.5 Å². The van der Waals surface area contributed by atoms with Gasteiger partial charge < -0.3 is 10.2 Å². The van der Waals surface area contributed by atoms with Crippen LogP contribution in [0.4, 0.5) is 17.6 Å². The number of carbonyl (C=O) groups is 2. The second-order valence-corrected chi connectivity index (χ2v) is 8.94. The number of nitrogens with zero attached hydrogens (tertiary/aromatic N) is 2. The first-order valence-corrected chi connectivity index (χ1v) is 10.9. The Morgan fingerprint density at radius 3 is 2.16 bits per heavy atom. The van der Waals surface area contributed by atoms with Gasteiger partial charge in [-0.1, -0.05) is 6.07 Å². The molecule has 1 heterocycles. The van der Waals surface area contributed by atoms with Gasteiger partial charge in [0.25, 0.3) is 5.91 Å². The smallest absolute Gasteiger partial charge is 0.343 e. The predicted molar refractivity (Wildman–Crippen MR) is 106 cm³/mol. The fourth-order valence-corrected chi connectivity index (χ4v) is 4.56. The molecule has 7 nitrogen and oxygen atoms in total. The second-order valence-electron chi connectivity index (χ2n) is 7.00. The lowest BCUT2D eigenvalue weighted by Crippen LogP contribution is -2.52. The summed E-state index contributed by atoms with van der Waals surface area (Å²) in [5, 5.41) is 2.39. The van der Waals surface area contributed by atoms with Gasteiger partial charge in [-0.25, -0.2) is 12.8 Å². The topological polar surface area (TPSA) is 86.8 Å². The lowest BCUT2D eigenvalue weighted by molar-refractivity contribution is -0.137. The maximum atomic E-state index is 13.2. The number of piperazine rings is 1. The van der Waals surface area contributed by atoms with Crippen LogP contribution in [0, 0.1) is 5.82 Å². The molecule has 0 bridgehead atoms. The van der Waals surface area contributed by atoms with E-state index in [4.69, 9.17) is 0 Å². The number of amides is 2. The summed E-state index contributed by atoms with van der Waals surface area (Å²) >= 11 is 0. The highest BCUT2D eigenvalue weighted by Crippen LogP contribution is 2.30. The highest BCUT2D eigenvalue weighted by atomic mass is 32.2. The molecular weight excluding hydrogens is 454 g/mol. The Hall–Kier alpha value is -2.99. The van der Waals surface area contributed by atoms with E-state index in [0.29, 0.717) is 12.1 Å². The molecule has 1 fully saturated rings. The lowest BCUT2D eigenvalue weighted by Gasteiger charge is -2.34. The van der Waals surface area contributed by atoms with Crippen molar-refractivity contribution < 1.29 is 35.6 Å². The highest BCUT2D eigenvalue weighted by molar-refractivity contribution is 7.89. The number of benzene rings is 2. The van der Waals surface area contributed by atoms with E-state index in [9.17, 15) is 35.6 Å². The molecule has 0 aromatic heterocycles. The van der Waals surface area contributed by atoms with Crippen molar-refractivity contribution in [3.8, 4) is 0 Å². The number of carbonyl (C=O) groups excluding carboxylic acids is 2. The van der Waals surface area contributed by atoms with Gasteiger partial charge in [-0.15, -0.1) is 0 Å². The Bertz CT molecular complexity index is 1100. The minimum Gasteiger partial charge on any atom is -0.343 e. The fourth-order valence-electron chi connectivity index (χ4n) is 3.14. The molecule has 172 valence electrons. The van der Waals surface area contributed by atoms with Crippen LogP contribution in [0.2, 0.25) is 0 Å².